The highest BCUT2D eigenvalue weighted by molar-refractivity contribution is 6.02. The highest BCUT2D eigenvalue weighted by atomic mass is 19.4. The van der Waals surface area contributed by atoms with Crippen molar-refractivity contribution in [3.63, 3.8) is 0 Å². The number of benzene rings is 1. The lowest BCUT2D eigenvalue weighted by Gasteiger charge is -2.24. The van der Waals surface area contributed by atoms with E-state index in [4.69, 9.17) is 0 Å². The molecule has 1 aromatic carbocycles. The summed E-state index contributed by atoms with van der Waals surface area (Å²) in [5, 5.41) is 2.95. The van der Waals surface area contributed by atoms with Crippen LogP contribution in [0.3, 0.4) is 0 Å². The van der Waals surface area contributed by atoms with Gasteiger partial charge < -0.3 is 5.32 Å². The van der Waals surface area contributed by atoms with E-state index < -0.39 is 17.3 Å². The molecule has 0 aliphatic carbocycles. The quantitative estimate of drug-likeness (QED) is 0.841. The summed E-state index contributed by atoms with van der Waals surface area (Å²) < 4.78 is 37.6. The number of carbonyl (C=O) groups excluding carboxylic acids is 1. The van der Waals surface area contributed by atoms with Gasteiger partial charge >= 0.3 is 6.18 Å². The third kappa shape index (κ3) is 3.32. The molecule has 0 unspecified atom stereocenters. The summed E-state index contributed by atoms with van der Waals surface area (Å²) in [7, 11) is 0. The molecular formula is C13H16F3NO. The number of alkyl halides is 3. The normalized spacial score (nSPS) is 12.6. The number of nitrogens with one attached hydrogen (secondary N) is 1. The van der Waals surface area contributed by atoms with Crippen LogP contribution in [0.4, 0.5) is 13.2 Å². The fourth-order valence-electron chi connectivity index (χ4n) is 1.72. The molecule has 0 heterocycles. The summed E-state index contributed by atoms with van der Waals surface area (Å²) in [6.07, 6.45) is -4.43. The third-order valence-corrected chi connectivity index (χ3v) is 2.64. The maximum Gasteiger partial charge on any atom is 0.416 e. The molecule has 100 valence electrons. The van der Waals surface area contributed by atoms with Gasteiger partial charge in [-0.15, -0.1) is 0 Å². The fraction of sp³-hybridized carbons (Fsp3) is 0.462. The van der Waals surface area contributed by atoms with E-state index in [0.29, 0.717) is 6.54 Å². The Bertz CT molecular complexity index is 438. The summed E-state index contributed by atoms with van der Waals surface area (Å²) in [6.45, 7) is 5.71. The number of Topliss-reactive ketones (excluding diaryl/α,β-unsaturated/α-hetero) is 1. The summed E-state index contributed by atoms with van der Waals surface area (Å²) in [6, 6.07) is 4.49. The SMILES string of the molecule is CCNC(C)(C)C(=O)c1cccc(C(F)(F)F)c1. The summed E-state index contributed by atoms with van der Waals surface area (Å²) in [4.78, 5) is 12.1. The summed E-state index contributed by atoms with van der Waals surface area (Å²) in [5.74, 6) is -0.351. The number of likely N-dealkylation sites (N-methyl/N-ethyl adjacent to an activating group) is 1. The molecule has 0 amide bonds. The molecule has 0 radical (unpaired) electrons. The Hall–Kier alpha value is -1.36. The molecule has 1 rings (SSSR count). The van der Waals surface area contributed by atoms with Crippen LogP contribution in [-0.2, 0) is 6.18 Å². The maximum atomic E-state index is 12.5. The first-order valence-electron chi connectivity index (χ1n) is 5.65. The molecule has 0 saturated heterocycles. The third-order valence-electron chi connectivity index (χ3n) is 2.64. The van der Waals surface area contributed by atoms with Gasteiger partial charge in [0.15, 0.2) is 5.78 Å². The molecule has 0 fully saturated rings. The Morgan fingerprint density at radius 1 is 1.28 bits per heavy atom. The van der Waals surface area contributed by atoms with Gasteiger partial charge in [0.2, 0.25) is 0 Å². The van der Waals surface area contributed by atoms with Crippen molar-refractivity contribution in [3.05, 3.63) is 35.4 Å². The molecular weight excluding hydrogens is 243 g/mol. The first kappa shape index (κ1) is 14.7. The van der Waals surface area contributed by atoms with Crippen molar-refractivity contribution < 1.29 is 18.0 Å². The molecule has 0 aliphatic rings. The Kier molecular flexibility index (Phi) is 4.16. The molecule has 0 aliphatic heterocycles. The van der Waals surface area contributed by atoms with E-state index in [-0.39, 0.29) is 11.3 Å². The standard InChI is InChI=1S/C13H16F3NO/c1-4-17-12(2,3)11(18)9-6-5-7-10(8-9)13(14,15)16/h5-8,17H,4H2,1-3H3. The smallest absolute Gasteiger partial charge is 0.305 e. The summed E-state index contributed by atoms with van der Waals surface area (Å²) >= 11 is 0. The number of rotatable bonds is 4. The Balaban J connectivity index is 3.08. The Morgan fingerprint density at radius 3 is 2.39 bits per heavy atom. The van der Waals surface area contributed by atoms with Gasteiger partial charge in [0, 0.05) is 5.56 Å². The number of carbonyl (C=O) groups is 1. The van der Waals surface area contributed by atoms with Gasteiger partial charge in [0.05, 0.1) is 11.1 Å². The van der Waals surface area contributed by atoms with Crippen LogP contribution in [0.1, 0.15) is 36.7 Å². The minimum atomic E-state index is -4.43. The van der Waals surface area contributed by atoms with Crippen molar-refractivity contribution in [1.29, 1.82) is 0 Å². The highest BCUT2D eigenvalue weighted by Crippen LogP contribution is 2.30. The van der Waals surface area contributed by atoms with Crippen LogP contribution in [0, 0.1) is 0 Å². The van der Waals surface area contributed by atoms with Crippen LogP contribution >= 0.6 is 0 Å². The average molecular weight is 259 g/mol. The molecule has 5 heteroatoms. The van der Waals surface area contributed by atoms with Crippen LogP contribution in [0.2, 0.25) is 0 Å². The van der Waals surface area contributed by atoms with Gasteiger partial charge in [0.1, 0.15) is 0 Å². The Morgan fingerprint density at radius 2 is 1.89 bits per heavy atom. The van der Waals surface area contributed by atoms with Crippen LogP contribution in [-0.4, -0.2) is 17.9 Å². The molecule has 1 aromatic rings. The molecule has 18 heavy (non-hydrogen) atoms. The topological polar surface area (TPSA) is 29.1 Å². The molecule has 2 nitrogen and oxygen atoms in total. The van der Waals surface area contributed by atoms with E-state index in [1.165, 1.54) is 12.1 Å². The zero-order valence-electron chi connectivity index (χ0n) is 10.6. The monoisotopic (exact) mass is 259 g/mol. The van der Waals surface area contributed by atoms with Gasteiger partial charge in [-0.2, -0.15) is 13.2 Å². The molecule has 0 saturated carbocycles. The summed E-state index contributed by atoms with van der Waals surface area (Å²) in [5.41, 5.74) is -1.62. The van der Waals surface area contributed by atoms with E-state index in [1.54, 1.807) is 13.8 Å². The molecule has 0 atom stereocenters. The molecule has 1 N–H and O–H groups in total. The van der Waals surface area contributed by atoms with Gasteiger partial charge in [-0.3, -0.25) is 4.79 Å². The van der Waals surface area contributed by atoms with Crippen molar-refractivity contribution in [2.24, 2.45) is 0 Å². The van der Waals surface area contributed by atoms with Crippen LogP contribution < -0.4 is 5.32 Å². The Labute approximate surface area is 104 Å². The largest absolute Gasteiger partial charge is 0.416 e. The van der Waals surface area contributed by atoms with Crippen molar-refractivity contribution in [2.45, 2.75) is 32.5 Å². The minimum Gasteiger partial charge on any atom is -0.305 e. The molecule has 0 spiro atoms. The second-order valence-electron chi connectivity index (χ2n) is 4.56. The van der Waals surface area contributed by atoms with E-state index >= 15 is 0 Å². The van der Waals surface area contributed by atoms with Crippen molar-refractivity contribution in [2.75, 3.05) is 6.54 Å². The number of ketones is 1. The predicted octanol–water partition coefficient (Wildman–Crippen LogP) is 3.28. The second-order valence-corrected chi connectivity index (χ2v) is 4.56. The highest BCUT2D eigenvalue weighted by Gasteiger charge is 2.33. The van der Waals surface area contributed by atoms with E-state index in [2.05, 4.69) is 5.32 Å². The lowest BCUT2D eigenvalue weighted by atomic mass is 9.92. The van der Waals surface area contributed by atoms with Crippen LogP contribution in [0.25, 0.3) is 0 Å². The lowest BCUT2D eigenvalue weighted by molar-refractivity contribution is -0.137. The molecule has 0 aromatic heterocycles. The van der Waals surface area contributed by atoms with Crippen LogP contribution in [0.15, 0.2) is 24.3 Å². The second kappa shape index (κ2) is 5.10. The number of hydrogen-bond donors (Lipinski definition) is 1. The van der Waals surface area contributed by atoms with Crippen molar-refractivity contribution >= 4 is 5.78 Å². The van der Waals surface area contributed by atoms with Gasteiger partial charge in [-0.25, -0.2) is 0 Å². The van der Waals surface area contributed by atoms with Crippen molar-refractivity contribution in [3.8, 4) is 0 Å². The predicted molar refractivity (Wildman–Crippen MR) is 63.5 cm³/mol. The van der Waals surface area contributed by atoms with Gasteiger partial charge in [-0.1, -0.05) is 19.1 Å². The maximum absolute atomic E-state index is 12.5. The molecule has 0 bridgehead atoms. The number of hydrogen-bond acceptors (Lipinski definition) is 2. The van der Waals surface area contributed by atoms with Gasteiger partial charge in [-0.05, 0) is 32.5 Å². The number of halogens is 3. The average Bonchev–Trinajstić information content (AvgIpc) is 2.27. The first-order chi connectivity index (χ1) is 8.18. The van der Waals surface area contributed by atoms with E-state index in [9.17, 15) is 18.0 Å². The minimum absolute atomic E-state index is 0.0655. The fourth-order valence-corrected chi connectivity index (χ4v) is 1.72. The van der Waals surface area contributed by atoms with Gasteiger partial charge in [0.25, 0.3) is 0 Å². The first-order valence-corrected chi connectivity index (χ1v) is 5.65. The zero-order chi connectivity index (χ0) is 14.0. The van der Waals surface area contributed by atoms with E-state index in [1.807, 2.05) is 6.92 Å². The van der Waals surface area contributed by atoms with Crippen LogP contribution in [0.5, 0.6) is 0 Å². The lowest BCUT2D eigenvalue weighted by Crippen LogP contribution is -2.46. The zero-order valence-corrected chi connectivity index (χ0v) is 10.6. The van der Waals surface area contributed by atoms with Crippen molar-refractivity contribution in [1.82, 2.24) is 5.32 Å². The van der Waals surface area contributed by atoms with E-state index in [0.717, 1.165) is 12.1 Å².